The van der Waals surface area contributed by atoms with Gasteiger partial charge in [-0.3, -0.25) is 9.80 Å². The molecule has 5 N–H and O–H groups in total. The Kier molecular flexibility index (Phi) is 8.32. The second-order valence-corrected chi connectivity index (χ2v) is 8.71. The maximum Gasteiger partial charge on any atom is 0.0892 e. The topological polar surface area (TPSA) is 68.6 Å². The van der Waals surface area contributed by atoms with Crippen LogP contribution in [0.2, 0.25) is 0 Å². The SMILES string of the molecule is Nc1ccccc1CN1Cc2ccc(cc2)C1N1CCCNCCNCCCNCC1. The first-order valence-electron chi connectivity index (χ1n) is 11.8. The van der Waals surface area contributed by atoms with E-state index in [0.29, 0.717) is 0 Å². The van der Waals surface area contributed by atoms with E-state index in [1.165, 1.54) is 23.1 Å². The van der Waals surface area contributed by atoms with Crippen LogP contribution in [0.5, 0.6) is 0 Å². The average molecular weight is 423 g/mol. The van der Waals surface area contributed by atoms with E-state index in [2.05, 4.69) is 62.1 Å². The molecule has 0 radical (unpaired) electrons. The lowest BCUT2D eigenvalue weighted by atomic mass is 10.1. The minimum absolute atomic E-state index is 0.267. The van der Waals surface area contributed by atoms with Crippen LogP contribution in [0.4, 0.5) is 5.69 Å². The first-order chi connectivity index (χ1) is 15.3. The van der Waals surface area contributed by atoms with Crippen molar-refractivity contribution < 1.29 is 0 Å². The number of para-hydroxylation sites is 1. The Hall–Kier alpha value is -1.96. The smallest absolute Gasteiger partial charge is 0.0892 e. The van der Waals surface area contributed by atoms with E-state index in [1.54, 1.807) is 0 Å². The van der Waals surface area contributed by atoms with Gasteiger partial charge in [0.25, 0.3) is 0 Å². The largest absolute Gasteiger partial charge is 0.398 e. The van der Waals surface area contributed by atoms with Gasteiger partial charge in [0.15, 0.2) is 0 Å². The third-order valence-corrected chi connectivity index (χ3v) is 6.34. The lowest BCUT2D eigenvalue weighted by molar-refractivity contribution is 0.0302. The Morgan fingerprint density at radius 1 is 0.774 bits per heavy atom. The normalized spacial score (nSPS) is 22.6. The summed E-state index contributed by atoms with van der Waals surface area (Å²) in [7, 11) is 0. The number of benzene rings is 2. The van der Waals surface area contributed by atoms with Crippen LogP contribution in [0.25, 0.3) is 0 Å². The Labute approximate surface area is 187 Å². The highest BCUT2D eigenvalue weighted by molar-refractivity contribution is 5.46. The first kappa shape index (κ1) is 22.2. The lowest BCUT2D eigenvalue weighted by Gasteiger charge is -2.39. The van der Waals surface area contributed by atoms with Crippen molar-refractivity contribution in [2.24, 2.45) is 0 Å². The number of nitrogens with two attached hydrogens (primary N) is 1. The van der Waals surface area contributed by atoms with Crippen LogP contribution in [-0.2, 0) is 13.1 Å². The second kappa shape index (κ2) is 11.6. The zero-order valence-corrected chi connectivity index (χ0v) is 18.7. The summed E-state index contributed by atoms with van der Waals surface area (Å²) in [5.41, 5.74) is 11.2. The van der Waals surface area contributed by atoms with Gasteiger partial charge in [-0.15, -0.1) is 0 Å². The predicted molar refractivity (Wildman–Crippen MR) is 129 cm³/mol. The molecule has 2 aromatic carbocycles. The summed E-state index contributed by atoms with van der Waals surface area (Å²) in [5.74, 6) is 0. The van der Waals surface area contributed by atoms with Crippen LogP contribution in [0.15, 0.2) is 48.5 Å². The number of nitrogens with zero attached hydrogens (tertiary/aromatic N) is 2. The van der Waals surface area contributed by atoms with Gasteiger partial charge in [-0.1, -0.05) is 42.5 Å². The quantitative estimate of drug-likeness (QED) is 0.569. The summed E-state index contributed by atoms with van der Waals surface area (Å²) in [6, 6.07) is 17.5. The molecular formula is C25H38N6. The van der Waals surface area contributed by atoms with E-state index < -0.39 is 0 Å². The maximum atomic E-state index is 6.32. The first-order valence-corrected chi connectivity index (χ1v) is 11.8. The zero-order valence-electron chi connectivity index (χ0n) is 18.7. The standard InChI is InChI=1S/C25H38N6/c26-24-6-2-1-5-23(24)20-31-19-21-7-9-22(10-8-21)25(31)30-17-4-13-28-15-14-27-11-3-12-29-16-18-30/h1-2,5-10,25,27-29H,3-4,11-20,26H2. The molecule has 5 rings (SSSR count). The summed E-state index contributed by atoms with van der Waals surface area (Å²) in [6.07, 6.45) is 2.59. The number of fused-ring (bicyclic) bond motifs is 4. The molecule has 6 heteroatoms. The molecular weight excluding hydrogens is 384 g/mol. The van der Waals surface area contributed by atoms with E-state index >= 15 is 0 Å². The molecule has 3 heterocycles. The van der Waals surface area contributed by atoms with Crippen molar-refractivity contribution in [2.75, 3.05) is 58.1 Å². The van der Waals surface area contributed by atoms with Gasteiger partial charge in [0.2, 0.25) is 0 Å². The second-order valence-electron chi connectivity index (χ2n) is 8.71. The van der Waals surface area contributed by atoms with Crippen molar-refractivity contribution in [1.82, 2.24) is 25.8 Å². The highest BCUT2D eigenvalue weighted by atomic mass is 15.4. The van der Waals surface area contributed by atoms with Crippen molar-refractivity contribution in [3.63, 3.8) is 0 Å². The third kappa shape index (κ3) is 6.28. The monoisotopic (exact) mass is 422 g/mol. The van der Waals surface area contributed by atoms with Crippen LogP contribution in [0.1, 0.15) is 35.7 Å². The molecule has 6 nitrogen and oxygen atoms in total. The van der Waals surface area contributed by atoms with Crippen LogP contribution >= 0.6 is 0 Å². The molecule has 1 unspecified atom stereocenters. The fourth-order valence-corrected chi connectivity index (χ4v) is 4.68. The van der Waals surface area contributed by atoms with E-state index in [0.717, 1.165) is 77.6 Å². The molecule has 0 amide bonds. The molecule has 0 spiro atoms. The summed E-state index contributed by atoms with van der Waals surface area (Å²) < 4.78 is 0. The third-order valence-electron chi connectivity index (χ3n) is 6.34. The van der Waals surface area contributed by atoms with Gasteiger partial charge in [-0.05, 0) is 55.2 Å². The molecule has 3 aliphatic heterocycles. The Morgan fingerprint density at radius 2 is 1.48 bits per heavy atom. The highest BCUT2D eigenvalue weighted by Gasteiger charge is 2.29. The molecule has 3 aliphatic rings. The van der Waals surface area contributed by atoms with Crippen molar-refractivity contribution in [1.29, 1.82) is 0 Å². The zero-order chi connectivity index (χ0) is 21.3. The minimum atomic E-state index is 0.267. The van der Waals surface area contributed by atoms with Crippen molar-refractivity contribution in [2.45, 2.75) is 32.1 Å². The summed E-state index contributed by atoms with van der Waals surface area (Å²) >= 11 is 0. The van der Waals surface area contributed by atoms with Crippen molar-refractivity contribution in [3.05, 3.63) is 65.2 Å². The van der Waals surface area contributed by atoms with E-state index in [-0.39, 0.29) is 6.17 Å². The molecule has 1 atom stereocenters. The Morgan fingerprint density at radius 3 is 2.26 bits per heavy atom. The van der Waals surface area contributed by atoms with Gasteiger partial charge in [0, 0.05) is 51.5 Å². The maximum absolute atomic E-state index is 6.32. The Bertz CT molecular complexity index is 779. The van der Waals surface area contributed by atoms with Crippen LogP contribution < -0.4 is 21.7 Å². The molecule has 1 fully saturated rings. The molecule has 0 saturated carbocycles. The van der Waals surface area contributed by atoms with Gasteiger partial charge in [0.05, 0.1) is 6.17 Å². The van der Waals surface area contributed by atoms with E-state index in [9.17, 15) is 0 Å². The molecule has 2 aromatic rings. The van der Waals surface area contributed by atoms with E-state index in [1.807, 2.05) is 12.1 Å². The highest BCUT2D eigenvalue weighted by Crippen LogP contribution is 2.33. The fraction of sp³-hybridized carbons (Fsp3) is 0.520. The summed E-state index contributed by atoms with van der Waals surface area (Å²) in [4.78, 5) is 5.26. The van der Waals surface area contributed by atoms with Gasteiger partial charge in [-0.25, -0.2) is 0 Å². The summed E-state index contributed by atoms with van der Waals surface area (Å²) in [6.45, 7) is 10.2. The predicted octanol–water partition coefficient (Wildman–Crippen LogP) is 2.15. The Balaban J connectivity index is 1.52. The number of nitrogens with one attached hydrogen (secondary N) is 3. The average Bonchev–Trinajstić information content (AvgIpc) is 3.06. The number of hydrogen-bond donors (Lipinski definition) is 4. The van der Waals surface area contributed by atoms with Gasteiger partial charge >= 0.3 is 0 Å². The number of rotatable bonds is 3. The molecule has 168 valence electrons. The number of hydrogen-bond acceptors (Lipinski definition) is 6. The van der Waals surface area contributed by atoms with Crippen LogP contribution in [0.3, 0.4) is 0 Å². The van der Waals surface area contributed by atoms with Gasteiger partial charge < -0.3 is 21.7 Å². The van der Waals surface area contributed by atoms with Gasteiger partial charge in [0.1, 0.15) is 0 Å². The molecule has 1 saturated heterocycles. The van der Waals surface area contributed by atoms with Crippen molar-refractivity contribution in [3.8, 4) is 0 Å². The molecule has 2 bridgehead atoms. The van der Waals surface area contributed by atoms with Crippen molar-refractivity contribution >= 4 is 5.69 Å². The minimum Gasteiger partial charge on any atom is -0.398 e. The van der Waals surface area contributed by atoms with E-state index in [4.69, 9.17) is 5.73 Å². The summed E-state index contributed by atoms with van der Waals surface area (Å²) in [5, 5.41) is 10.8. The lowest BCUT2D eigenvalue weighted by Crippen LogP contribution is -2.44. The molecule has 0 aromatic heterocycles. The number of anilines is 1. The van der Waals surface area contributed by atoms with Gasteiger partial charge in [-0.2, -0.15) is 0 Å². The molecule has 31 heavy (non-hydrogen) atoms. The van der Waals surface area contributed by atoms with Crippen LogP contribution in [-0.4, -0.2) is 62.2 Å². The fourth-order valence-electron chi connectivity index (χ4n) is 4.68. The number of nitrogen functional groups attached to an aromatic ring is 1. The van der Waals surface area contributed by atoms with Crippen LogP contribution in [0, 0.1) is 0 Å². The molecule has 0 aliphatic carbocycles.